The van der Waals surface area contributed by atoms with Gasteiger partial charge in [-0.1, -0.05) is 65.7 Å². The normalized spacial score (nSPS) is 14.2. The molecule has 1 aliphatic carbocycles. The Hall–Kier alpha value is -4.57. The van der Waals surface area contributed by atoms with Crippen LogP contribution < -0.4 is 5.32 Å². The van der Waals surface area contributed by atoms with Crippen molar-refractivity contribution in [1.82, 2.24) is 5.16 Å². The van der Waals surface area contributed by atoms with Crippen LogP contribution in [0.2, 0.25) is 0 Å². The van der Waals surface area contributed by atoms with E-state index >= 15 is 0 Å². The largest absolute Gasteiger partial charge is 0.468 e. The Labute approximate surface area is 214 Å². The number of nitrogens with zero attached hydrogens (tertiary/aromatic N) is 1. The first-order valence-electron chi connectivity index (χ1n) is 12.0. The lowest BCUT2D eigenvalue weighted by Gasteiger charge is -2.14. The van der Waals surface area contributed by atoms with Gasteiger partial charge in [0.1, 0.15) is 17.5 Å². The molecule has 0 radical (unpaired) electrons. The lowest BCUT2D eigenvalue weighted by atomic mass is 9.93. The Balaban J connectivity index is 1.32. The Bertz CT molecular complexity index is 1540. The molecular formula is C30H26N2O5. The second kappa shape index (κ2) is 9.82. The first-order chi connectivity index (χ1) is 17.9. The van der Waals surface area contributed by atoms with Crippen molar-refractivity contribution in [1.29, 1.82) is 0 Å². The molecular weight excluding hydrogens is 468 g/mol. The number of aryl methyl sites for hydroxylation is 1. The predicted octanol–water partition coefficient (Wildman–Crippen LogP) is 6.05. The van der Waals surface area contributed by atoms with Crippen LogP contribution in [0.1, 0.15) is 54.0 Å². The summed E-state index contributed by atoms with van der Waals surface area (Å²) >= 11 is 0. The van der Waals surface area contributed by atoms with Gasteiger partial charge in [0.2, 0.25) is 5.76 Å². The van der Waals surface area contributed by atoms with Gasteiger partial charge >= 0.3 is 12.1 Å². The third kappa shape index (κ3) is 4.91. The fraction of sp³-hybridized carbons (Fsp3) is 0.233. The van der Waals surface area contributed by atoms with Gasteiger partial charge in [0.05, 0.1) is 12.5 Å². The van der Waals surface area contributed by atoms with Crippen molar-refractivity contribution >= 4 is 28.5 Å². The number of hydrogen-bond donors (Lipinski definition) is 1. The summed E-state index contributed by atoms with van der Waals surface area (Å²) in [5.74, 6) is 6.10. The summed E-state index contributed by atoms with van der Waals surface area (Å²) in [5.41, 5.74) is 3.01. The topological polar surface area (TPSA) is 90.7 Å². The van der Waals surface area contributed by atoms with Gasteiger partial charge < -0.3 is 14.0 Å². The minimum atomic E-state index is -0.618. The highest BCUT2D eigenvalue weighted by molar-refractivity contribution is 5.91. The Morgan fingerprint density at radius 1 is 1.03 bits per heavy atom. The van der Waals surface area contributed by atoms with Crippen LogP contribution in [0.25, 0.3) is 10.8 Å². The SMILES string of the molecule is COC(=O)C1(c2ccc3cc(C#Cc4onc(C)c4NC(=O)O[C@H](C)c4ccccc4)ccc3c2)CC1. The summed E-state index contributed by atoms with van der Waals surface area (Å²) in [6.45, 7) is 3.53. The molecule has 1 N–H and O–H groups in total. The van der Waals surface area contributed by atoms with Crippen LogP contribution in [-0.4, -0.2) is 24.3 Å². The maximum Gasteiger partial charge on any atom is 0.412 e. The van der Waals surface area contributed by atoms with E-state index in [4.69, 9.17) is 14.0 Å². The van der Waals surface area contributed by atoms with E-state index in [-0.39, 0.29) is 11.7 Å². The van der Waals surface area contributed by atoms with Crippen LogP contribution in [0.4, 0.5) is 10.5 Å². The quantitative estimate of drug-likeness (QED) is 0.268. The zero-order valence-corrected chi connectivity index (χ0v) is 20.8. The van der Waals surface area contributed by atoms with Crippen molar-refractivity contribution in [3.05, 3.63) is 94.9 Å². The molecule has 37 heavy (non-hydrogen) atoms. The van der Waals surface area contributed by atoms with Crippen molar-refractivity contribution in [2.24, 2.45) is 0 Å². The van der Waals surface area contributed by atoms with Gasteiger partial charge in [-0.05, 0) is 66.6 Å². The van der Waals surface area contributed by atoms with E-state index in [1.54, 1.807) is 13.8 Å². The number of esters is 1. The van der Waals surface area contributed by atoms with Crippen LogP contribution in [0.5, 0.6) is 0 Å². The fourth-order valence-electron chi connectivity index (χ4n) is 4.37. The third-order valence-electron chi connectivity index (χ3n) is 6.68. The van der Waals surface area contributed by atoms with E-state index < -0.39 is 17.6 Å². The van der Waals surface area contributed by atoms with Crippen molar-refractivity contribution < 1.29 is 23.6 Å². The van der Waals surface area contributed by atoms with Crippen molar-refractivity contribution in [2.45, 2.75) is 38.2 Å². The first-order valence-corrected chi connectivity index (χ1v) is 12.0. The van der Waals surface area contributed by atoms with Gasteiger partial charge in [-0.25, -0.2) is 4.79 Å². The van der Waals surface area contributed by atoms with E-state index in [2.05, 4.69) is 22.3 Å². The maximum absolute atomic E-state index is 12.5. The number of ether oxygens (including phenoxy) is 2. The van der Waals surface area contributed by atoms with Crippen LogP contribution >= 0.6 is 0 Å². The molecule has 1 heterocycles. The minimum absolute atomic E-state index is 0.181. The molecule has 1 fully saturated rings. The molecule has 0 unspecified atom stereocenters. The number of nitrogens with one attached hydrogen (secondary N) is 1. The summed E-state index contributed by atoms with van der Waals surface area (Å²) in [6, 6.07) is 21.3. The first kappa shape index (κ1) is 24.1. The van der Waals surface area contributed by atoms with Gasteiger partial charge in [-0.15, -0.1) is 0 Å². The molecule has 186 valence electrons. The number of carbonyl (C=O) groups excluding carboxylic acids is 2. The van der Waals surface area contributed by atoms with Crippen molar-refractivity contribution in [3.8, 4) is 11.8 Å². The Morgan fingerprint density at radius 2 is 1.76 bits per heavy atom. The number of anilines is 1. The summed E-state index contributed by atoms with van der Waals surface area (Å²) in [5, 5.41) is 8.67. The lowest BCUT2D eigenvalue weighted by molar-refractivity contribution is -0.143. The van der Waals surface area contributed by atoms with Gasteiger partial charge in [0.25, 0.3) is 0 Å². The lowest BCUT2D eigenvalue weighted by Crippen LogP contribution is -2.21. The highest BCUT2D eigenvalue weighted by Crippen LogP contribution is 2.49. The molecule has 0 spiro atoms. The second-order valence-electron chi connectivity index (χ2n) is 9.16. The molecule has 0 aliphatic heterocycles. The molecule has 0 bridgehead atoms. The summed E-state index contributed by atoms with van der Waals surface area (Å²) in [4.78, 5) is 24.7. The monoisotopic (exact) mass is 494 g/mol. The average Bonchev–Trinajstić information content (AvgIpc) is 3.67. The smallest absolute Gasteiger partial charge is 0.412 e. The molecule has 7 heteroatoms. The molecule has 1 aromatic heterocycles. The third-order valence-corrected chi connectivity index (χ3v) is 6.68. The number of fused-ring (bicyclic) bond motifs is 1. The molecule has 4 aromatic rings. The average molecular weight is 495 g/mol. The fourth-order valence-corrected chi connectivity index (χ4v) is 4.37. The van der Waals surface area contributed by atoms with Crippen LogP contribution in [-0.2, 0) is 19.7 Å². The van der Waals surface area contributed by atoms with E-state index in [9.17, 15) is 9.59 Å². The van der Waals surface area contributed by atoms with E-state index in [0.717, 1.165) is 40.3 Å². The molecule has 0 saturated heterocycles. The van der Waals surface area contributed by atoms with E-state index in [0.29, 0.717) is 11.4 Å². The van der Waals surface area contributed by atoms with Gasteiger partial charge in [-0.2, -0.15) is 0 Å². The van der Waals surface area contributed by atoms with Crippen LogP contribution in [0.15, 0.2) is 71.3 Å². The standard InChI is InChI=1S/C30H26N2O5/c1-19-27(31-29(34)36-20(2)22-7-5-4-6-8-22)26(37-32-19)14-10-21-9-11-24-18-25(13-12-23(24)17-21)30(15-16-30)28(33)35-3/h4-9,11-13,17-18,20H,15-16H2,1-3H3,(H,31,34)/t20-/m1/s1. The van der Waals surface area contributed by atoms with Crippen molar-refractivity contribution in [2.75, 3.05) is 12.4 Å². The highest BCUT2D eigenvalue weighted by Gasteiger charge is 2.52. The van der Waals surface area contributed by atoms with E-state index in [1.165, 1.54) is 7.11 Å². The number of methoxy groups -OCH3 is 1. The van der Waals surface area contributed by atoms with Gasteiger partial charge in [0.15, 0.2) is 0 Å². The second-order valence-corrected chi connectivity index (χ2v) is 9.16. The molecule has 3 aromatic carbocycles. The molecule has 1 aliphatic rings. The molecule has 5 rings (SSSR count). The summed E-state index contributed by atoms with van der Waals surface area (Å²) in [6.07, 6.45) is 0.574. The Kier molecular flexibility index (Phi) is 6.41. The number of amides is 1. The highest BCUT2D eigenvalue weighted by atomic mass is 16.6. The molecule has 1 atom stereocenters. The zero-order chi connectivity index (χ0) is 26.0. The summed E-state index contributed by atoms with van der Waals surface area (Å²) in [7, 11) is 1.43. The number of carbonyl (C=O) groups is 2. The number of hydrogen-bond acceptors (Lipinski definition) is 6. The van der Waals surface area contributed by atoms with Crippen molar-refractivity contribution in [3.63, 3.8) is 0 Å². The molecule has 1 amide bonds. The predicted molar refractivity (Wildman–Crippen MR) is 139 cm³/mol. The number of aromatic nitrogens is 1. The van der Waals surface area contributed by atoms with Crippen LogP contribution in [0.3, 0.4) is 0 Å². The number of rotatable bonds is 5. The summed E-state index contributed by atoms with van der Waals surface area (Å²) < 4.78 is 15.9. The zero-order valence-electron chi connectivity index (χ0n) is 20.8. The minimum Gasteiger partial charge on any atom is -0.468 e. The van der Waals surface area contributed by atoms with Gasteiger partial charge in [-0.3, -0.25) is 10.1 Å². The maximum atomic E-state index is 12.5. The Morgan fingerprint density at radius 3 is 2.49 bits per heavy atom. The van der Waals surface area contributed by atoms with Crippen LogP contribution in [0, 0.1) is 18.8 Å². The molecule has 1 saturated carbocycles. The van der Waals surface area contributed by atoms with Gasteiger partial charge in [0, 0.05) is 5.56 Å². The molecule has 7 nitrogen and oxygen atoms in total. The van der Waals surface area contributed by atoms with E-state index in [1.807, 2.05) is 66.7 Å². The number of benzene rings is 3.